The smallest absolute Gasteiger partial charge is 0.322 e. The molecule has 1 heterocycles. The number of hydrogen-bond donors (Lipinski definition) is 1. The van der Waals surface area contributed by atoms with Crippen LogP contribution in [0.5, 0.6) is 0 Å². The van der Waals surface area contributed by atoms with Gasteiger partial charge in [-0.25, -0.2) is 8.42 Å². The molecule has 1 fully saturated rings. The van der Waals surface area contributed by atoms with Crippen LogP contribution in [0.25, 0.3) is 10.8 Å². The normalized spacial score (nSPS) is 19.2. The first-order valence-corrected chi connectivity index (χ1v) is 9.54. The molecule has 2 aromatic rings. The highest BCUT2D eigenvalue weighted by Crippen LogP contribution is 2.33. The molecule has 128 valence electrons. The van der Waals surface area contributed by atoms with Gasteiger partial charge in [-0.15, -0.1) is 0 Å². The summed E-state index contributed by atoms with van der Waals surface area (Å²) in [5.41, 5.74) is 1.08. The number of carbonyl (C=O) groups is 1. The van der Waals surface area contributed by atoms with Crippen molar-refractivity contribution in [3.8, 4) is 0 Å². The van der Waals surface area contributed by atoms with Gasteiger partial charge in [0.15, 0.2) is 0 Å². The van der Waals surface area contributed by atoms with Crippen LogP contribution >= 0.6 is 0 Å². The number of aliphatic carboxylic acids is 1. The van der Waals surface area contributed by atoms with E-state index in [2.05, 4.69) is 13.8 Å². The minimum atomic E-state index is -3.85. The molecule has 0 amide bonds. The quantitative estimate of drug-likeness (QED) is 0.921. The molecule has 2 aromatic carbocycles. The molecule has 0 spiro atoms. The van der Waals surface area contributed by atoms with Crippen molar-refractivity contribution in [3.05, 3.63) is 42.0 Å². The SMILES string of the molecule is CC(C)c1cccc2c(S(=O)(=O)N3CCCC3C(=O)O)cccc12. The maximum Gasteiger partial charge on any atom is 0.322 e. The molecule has 1 N–H and O–H groups in total. The van der Waals surface area contributed by atoms with Crippen molar-refractivity contribution in [2.45, 2.75) is 43.5 Å². The maximum atomic E-state index is 13.1. The first-order chi connectivity index (χ1) is 11.3. The molecule has 0 radical (unpaired) electrons. The van der Waals surface area contributed by atoms with Gasteiger partial charge in [0, 0.05) is 11.9 Å². The van der Waals surface area contributed by atoms with E-state index < -0.39 is 22.0 Å². The Kier molecular flexibility index (Phi) is 4.36. The Balaban J connectivity index is 2.19. The van der Waals surface area contributed by atoms with E-state index in [1.807, 2.05) is 18.2 Å². The fraction of sp³-hybridized carbons (Fsp3) is 0.389. The number of rotatable bonds is 4. The number of carboxylic acids is 1. The zero-order valence-electron chi connectivity index (χ0n) is 13.8. The summed E-state index contributed by atoms with van der Waals surface area (Å²) in [6, 6.07) is 9.89. The summed E-state index contributed by atoms with van der Waals surface area (Å²) in [5.74, 6) is -0.815. The van der Waals surface area contributed by atoms with Gasteiger partial charge < -0.3 is 5.11 Å². The zero-order chi connectivity index (χ0) is 17.5. The van der Waals surface area contributed by atoms with Crippen molar-refractivity contribution >= 4 is 26.8 Å². The van der Waals surface area contributed by atoms with E-state index in [-0.39, 0.29) is 17.4 Å². The van der Waals surface area contributed by atoms with Gasteiger partial charge in [0.05, 0.1) is 4.90 Å². The molecule has 0 bridgehead atoms. The molecule has 0 aliphatic carbocycles. The molecule has 1 atom stereocenters. The van der Waals surface area contributed by atoms with Gasteiger partial charge in [0.25, 0.3) is 0 Å². The minimum absolute atomic E-state index is 0.190. The van der Waals surface area contributed by atoms with Crippen LogP contribution in [0.1, 0.15) is 38.2 Å². The van der Waals surface area contributed by atoms with Crippen LogP contribution in [0.15, 0.2) is 41.3 Å². The van der Waals surface area contributed by atoms with Crippen LogP contribution in [0.4, 0.5) is 0 Å². The number of nitrogens with zero attached hydrogens (tertiary/aromatic N) is 1. The van der Waals surface area contributed by atoms with Crippen LogP contribution in [0.2, 0.25) is 0 Å². The van der Waals surface area contributed by atoms with Gasteiger partial charge in [-0.3, -0.25) is 4.79 Å². The third-order valence-corrected chi connectivity index (χ3v) is 6.58. The van der Waals surface area contributed by atoms with Crippen LogP contribution in [-0.2, 0) is 14.8 Å². The van der Waals surface area contributed by atoms with Gasteiger partial charge in [-0.05, 0) is 35.8 Å². The number of fused-ring (bicyclic) bond motifs is 1. The second-order valence-corrected chi connectivity index (χ2v) is 8.32. The molecule has 5 nitrogen and oxygen atoms in total. The molecule has 1 saturated heterocycles. The molecule has 6 heteroatoms. The lowest BCUT2D eigenvalue weighted by atomic mass is 9.96. The van der Waals surface area contributed by atoms with E-state index >= 15 is 0 Å². The van der Waals surface area contributed by atoms with Crippen molar-refractivity contribution in [1.29, 1.82) is 0 Å². The summed E-state index contributed by atoms with van der Waals surface area (Å²) in [6.07, 6.45) is 0.925. The third-order valence-electron chi connectivity index (χ3n) is 4.61. The van der Waals surface area contributed by atoms with E-state index in [9.17, 15) is 18.3 Å². The lowest BCUT2D eigenvalue weighted by Gasteiger charge is -2.22. The molecule has 3 rings (SSSR count). The van der Waals surface area contributed by atoms with Crippen molar-refractivity contribution in [1.82, 2.24) is 4.31 Å². The Morgan fingerprint density at radius 2 is 1.83 bits per heavy atom. The molecular formula is C18H21NO4S. The monoisotopic (exact) mass is 347 g/mol. The van der Waals surface area contributed by atoms with Crippen LogP contribution in [-0.4, -0.2) is 36.4 Å². The van der Waals surface area contributed by atoms with Gasteiger partial charge in [0.2, 0.25) is 10.0 Å². The van der Waals surface area contributed by atoms with Crippen molar-refractivity contribution in [2.75, 3.05) is 6.54 Å². The van der Waals surface area contributed by atoms with E-state index in [4.69, 9.17) is 0 Å². The average molecular weight is 347 g/mol. The molecule has 0 aromatic heterocycles. The Hall–Kier alpha value is -1.92. The van der Waals surface area contributed by atoms with E-state index in [1.54, 1.807) is 18.2 Å². The molecular weight excluding hydrogens is 326 g/mol. The highest BCUT2D eigenvalue weighted by atomic mass is 32.2. The largest absolute Gasteiger partial charge is 0.480 e. The lowest BCUT2D eigenvalue weighted by molar-refractivity contribution is -0.140. The Morgan fingerprint density at radius 3 is 2.50 bits per heavy atom. The van der Waals surface area contributed by atoms with Gasteiger partial charge in [-0.2, -0.15) is 4.31 Å². The Bertz CT molecular complexity index is 889. The zero-order valence-corrected chi connectivity index (χ0v) is 14.6. The number of benzene rings is 2. The first kappa shape index (κ1) is 16.9. The molecule has 24 heavy (non-hydrogen) atoms. The highest BCUT2D eigenvalue weighted by molar-refractivity contribution is 7.89. The second-order valence-electron chi connectivity index (χ2n) is 6.47. The van der Waals surface area contributed by atoms with Crippen molar-refractivity contribution in [3.63, 3.8) is 0 Å². The summed E-state index contributed by atoms with van der Waals surface area (Å²) in [4.78, 5) is 11.6. The molecule has 1 unspecified atom stereocenters. The standard InChI is InChI=1S/C18H21NO4S/c1-12(2)13-6-3-8-15-14(13)7-4-10-17(15)24(22,23)19-11-5-9-16(19)18(20)21/h3-4,6-8,10,12,16H,5,9,11H2,1-2H3,(H,20,21). The first-order valence-electron chi connectivity index (χ1n) is 8.10. The predicted octanol–water partition coefficient (Wildman–Crippen LogP) is 3.20. The van der Waals surface area contributed by atoms with Gasteiger partial charge >= 0.3 is 5.97 Å². The topological polar surface area (TPSA) is 74.7 Å². The third kappa shape index (κ3) is 2.70. The number of sulfonamides is 1. The molecule has 0 saturated carbocycles. The number of carboxylic acid groups (broad SMARTS) is 1. The summed E-state index contributed by atoms with van der Waals surface area (Å²) < 4.78 is 27.3. The fourth-order valence-electron chi connectivity index (χ4n) is 3.43. The van der Waals surface area contributed by atoms with Crippen molar-refractivity contribution < 1.29 is 18.3 Å². The maximum absolute atomic E-state index is 13.1. The van der Waals surface area contributed by atoms with Crippen LogP contribution < -0.4 is 0 Å². The van der Waals surface area contributed by atoms with E-state index in [0.717, 1.165) is 15.3 Å². The van der Waals surface area contributed by atoms with Crippen molar-refractivity contribution in [2.24, 2.45) is 0 Å². The van der Waals surface area contributed by atoms with Gasteiger partial charge in [0.1, 0.15) is 6.04 Å². The summed E-state index contributed by atoms with van der Waals surface area (Å²) >= 11 is 0. The average Bonchev–Trinajstić information content (AvgIpc) is 3.04. The summed E-state index contributed by atoms with van der Waals surface area (Å²) in [5, 5.41) is 10.9. The summed E-state index contributed by atoms with van der Waals surface area (Å²) in [6.45, 7) is 4.38. The van der Waals surface area contributed by atoms with Crippen LogP contribution in [0, 0.1) is 0 Å². The second kappa shape index (κ2) is 6.18. The molecule has 1 aliphatic heterocycles. The molecule has 1 aliphatic rings. The summed E-state index contributed by atoms with van der Waals surface area (Å²) in [7, 11) is -3.85. The Labute approximate surface area is 142 Å². The van der Waals surface area contributed by atoms with E-state index in [1.165, 1.54) is 0 Å². The highest BCUT2D eigenvalue weighted by Gasteiger charge is 2.40. The lowest BCUT2D eigenvalue weighted by Crippen LogP contribution is -2.40. The number of hydrogen-bond acceptors (Lipinski definition) is 3. The van der Waals surface area contributed by atoms with Crippen LogP contribution in [0.3, 0.4) is 0 Å². The van der Waals surface area contributed by atoms with E-state index in [0.29, 0.717) is 18.2 Å². The van der Waals surface area contributed by atoms with Gasteiger partial charge in [-0.1, -0.05) is 44.2 Å². The Morgan fingerprint density at radius 1 is 1.17 bits per heavy atom. The fourth-order valence-corrected chi connectivity index (χ4v) is 5.29. The minimum Gasteiger partial charge on any atom is -0.480 e. The predicted molar refractivity (Wildman–Crippen MR) is 92.6 cm³/mol.